The third-order valence-corrected chi connectivity index (χ3v) is 2.96. The van der Waals surface area contributed by atoms with Gasteiger partial charge < -0.3 is 0 Å². The SMILES string of the molecule is C#CCCC1(CC)CCC1. The van der Waals surface area contributed by atoms with Crippen molar-refractivity contribution in [3.63, 3.8) is 0 Å². The van der Waals surface area contributed by atoms with E-state index in [1.54, 1.807) is 0 Å². The maximum Gasteiger partial charge on any atom is 0.00913 e. The van der Waals surface area contributed by atoms with E-state index in [9.17, 15) is 0 Å². The molecule has 0 aromatic carbocycles. The van der Waals surface area contributed by atoms with E-state index >= 15 is 0 Å². The van der Waals surface area contributed by atoms with Gasteiger partial charge in [0.05, 0.1) is 0 Å². The molecule has 0 N–H and O–H groups in total. The Morgan fingerprint density at radius 2 is 2.20 bits per heavy atom. The van der Waals surface area contributed by atoms with Crippen LogP contribution in [0.3, 0.4) is 0 Å². The number of terminal acetylenes is 1. The fourth-order valence-corrected chi connectivity index (χ4v) is 1.79. The Bertz CT molecular complexity index is 129. The molecule has 0 aromatic heterocycles. The van der Waals surface area contributed by atoms with Gasteiger partial charge in [-0.3, -0.25) is 0 Å². The van der Waals surface area contributed by atoms with Crippen molar-refractivity contribution in [2.24, 2.45) is 5.41 Å². The molecule has 0 radical (unpaired) electrons. The quantitative estimate of drug-likeness (QED) is 0.523. The van der Waals surface area contributed by atoms with Crippen molar-refractivity contribution in [1.82, 2.24) is 0 Å². The number of rotatable bonds is 3. The summed E-state index contributed by atoms with van der Waals surface area (Å²) in [6.07, 6.45) is 13.1. The van der Waals surface area contributed by atoms with E-state index in [0.29, 0.717) is 5.41 Å². The van der Waals surface area contributed by atoms with E-state index in [4.69, 9.17) is 6.42 Å². The van der Waals surface area contributed by atoms with Crippen LogP contribution in [0.15, 0.2) is 0 Å². The van der Waals surface area contributed by atoms with E-state index in [2.05, 4.69) is 12.8 Å². The standard InChI is InChI=1S/C10H16/c1-3-5-7-10(4-2)8-6-9-10/h1H,4-9H2,2H3. The highest BCUT2D eigenvalue weighted by Crippen LogP contribution is 2.47. The van der Waals surface area contributed by atoms with Crippen LogP contribution < -0.4 is 0 Å². The number of hydrogen-bond donors (Lipinski definition) is 0. The van der Waals surface area contributed by atoms with Crippen LogP contribution in [-0.4, -0.2) is 0 Å². The highest BCUT2D eigenvalue weighted by atomic mass is 14.4. The van der Waals surface area contributed by atoms with E-state index in [1.807, 2.05) is 0 Å². The third-order valence-electron chi connectivity index (χ3n) is 2.96. The Kier molecular flexibility index (Phi) is 2.38. The van der Waals surface area contributed by atoms with Crippen molar-refractivity contribution >= 4 is 0 Å². The van der Waals surface area contributed by atoms with Crippen LogP contribution >= 0.6 is 0 Å². The van der Waals surface area contributed by atoms with Crippen LogP contribution in [0.2, 0.25) is 0 Å². The van der Waals surface area contributed by atoms with Gasteiger partial charge in [0, 0.05) is 6.42 Å². The average Bonchev–Trinajstić information content (AvgIpc) is 1.87. The Morgan fingerprint density at radius 3 is 2.50 bits per heavy atom. The molecular weight excluding hydrogens is 120 g/mol. The lowest BCUT2D eigenvalue weighted by molar-refractivity contribution is 0.116. The lowest BCUT2D eigenvalue weighted by Gasteiger charge is -2.41. The molecule has 1 aliphatic carbocycles. The van der Waals surface area contributed by atoms with Gasteiger partial charge in [0.2, 0.25) is 0 Å². The molecule has 0 heterocycles. The molecule has 0 heteroatoms. The lowest BCUT2D eigenvalue weighted by Crippen LogP contribution is -2.28. The molecule has 1 aliphatic rings. The van der Waals surface area contributed by atoms with Crippen LogP contribution in [0.5, 0.6) is 0 Å². The van der Waals surface area contributed by atoms with Gasteiger partial charge in [-0.2, -0.15) is 0 Å². The van der Waals surface area contributed by atoms with Gasteiger partial charge in [0.25, 0.3) is 0 Å². The van der Waals surface area contributed by atoms with Gasteiger partial charge in [-0.25, -0.2) is 0 Å². The van der Waals surface area contributed by atoms with Crippen molar-refractivity contribution in [3.8, 4) is 12.3 Å². The summed E-state index contributed by atoms with van der Waals surface area (Å²) in [5, 5.41) is 0. The summed E-state index contributed by atoms with van der Waals surface area (Å²) in [4.78, 5) is 0. The van der Waals surface area contributed by atoms with E-state index in [-0.39, 0.29) is 0 Å². The summed E-state index contributed by atoms with van der Waals surface area (Å²) in [6, 6.07) is 0. The molecule has 0 amide bonds. The smallest absolute Gasteiger partial charge is 0.00913 e. The molecule has 0 spiro atoms. The first-order chi connectivity index (χ1) is 4.83. The summed E-state index contributed by atoms with van der Waals surface area (Å²) in [5.74, 6) is 2.73. The van der Waals surface area contributed by atoms with Crippen molar-refractivity contribution in [2.75, 3.05) is 0 Å². The fourth-order valence-electron chi connectivity index (χ4n) is 1.79. The zero-order chi connectivity index (χ0) is 7.45. The van der Waals surface area contributed by atoms with Crippen molar-refractivity contribution in [2.45, 2.75) is 45.4 Å². The first-order valence-electron chi connectivity index (χ1n) is 4.26. The lowest BCUT2D eigenvalue weighted by atomic mass is 9.64. The minimum Gasteiger partial charge on any atom is -0.120 e. The van der Waals surface area contributed by atoms with Crippen LogP contribution in [0, 0.1) is 17.8 Å². The van der Waals surface area contributed by atoms with Crippen LogP contribution in [0.25, 0.3) is 0 Å². The first kappa shape index (κ1) is 7.66. The van der Waals surface area contributed by atoms with Crippen LogP contribution in [0.4, 0.5) is 0 Å². The van der Waals surface area contributed by atoms with Gasteiger partial charge in [0.15, 0.2) is 0 Å². The minimum absolute atomic E-state index is 0.673. The summed E-state index contributed by atoms with van der Waals surface area (Å²) in [6.45, 7) is 2.29. The Hall–Kier alpha value is -0.440. The molecule has 0 atom stereocenters. The van der Waals surface area contributed by atoms with E-state index in [1.165, 1.54) is 32.1 Å². The maximum atomic E-state index is 5.22. The predicted octanol–water partition coefficient (Wildman–Crippen LogP) is 2.98. The van der Waals surface area contributed by atoms with Crippen molar-refractivity contribution in [3.05, 3.63) is 0 Å². The summed E-state index contributed by atoms with van der Waals surface area (Å²) >= 11 is 0. The van der Waals surface area contributed by atoms with Crippen LogP contribution in [-0.2, 0) is 0 Å². The average molecular weight is 136 g/mol. The summed E-state index contributed by atoms with van der Waals surface area (Å²) < 4.78 is 0. The fraction of sp³-hybridized carbons (Fsp3) is 0.800. The molecule has 1 fully saturated rings. The summed E-state index contributed by atoms with van der Waals surface area (Å²) in [5.41, 5.74) is 0.673. The largest absolute Gasteiger partial charge is 0.120 e. The van der Waals surface area contributed by atoms with Gasteiger partial charge >= 0.3 is 0 Å². The first-order valence-corrected chi connectivity index (χ1v) is 4.26. The second kappa shape index (κ2) is 3.10. The van der Waals surface area contributed by atoms with Crippen molar-refractivity contribution in [1.29, 1.82) is 0 Å². The Morgan fingerprint density at radius 1 is 1.50 bits per heavy atom. The predicted molar refractivity (Wildman–Crippen MR) is 44.6 cm³/mol. The maximum absolute atomic E-state index is 5.22. The number of hydrogen-bond acceptors (Lipinski definition) is 0. The second-order valence-corrected chi connectivity index (χ2v) is 3.41. The molecule has 0 unspecified atom stereocenters. The zero-order valence-electron chi connectivity index (χ0n) is 6.82. The summed E-state index contributed by atoms with van der Waals surface area (Å²) in [7, 11) is 0. The second-order valence-electron chi connectivity index (χ2n) is 3.41. The molecule has 0 aliphatic heterocycles. The molecule has 0 nitrogen and oxygen atoms in total. The monoisotopic (exact) mass is 136 g/mol. The zero-order valence-corrected chi connectivity index (χ0v) is 6.82. The van der Waals surface area contributed by atoms with Crippen LogP contribution in [0.1, 0.15) is 45.4 Å². The molecule has 1 saturated carbocycles. The highest BCUT2D eigenvalue weighted by Gasteiger charge is 2.33. The molecule has 10 heavy (non-hydrogen) atoms. The topological polar surface area (TPSA) is 0 Å². The van der Waals surface area contributed by atoms with Gasteiger partial charge in [-0.1, -0.05) is 19.8 Å². The third kappa shape index (κ3) is 1.34. The highest BCUT2D eigenvalue weighted by molar-refractivity contribution is 4.92. The molecule has 1 rings (SSSR count). The molecule has 0 saturated heterocycles. The van der Waals surface area contributed by atoms with E-state index < -0.39 is 0 Å². The van der Waals surface area contributed by atoms with Crippen molar-refractivity contribution < 1.29 is 0 Å². The van der Waals surface area contributed by atoms with Gasteiger partial charge in [-0.15, -0.1) is 12.3 Å². The van der Waals surface area contributed by atoms with Gasteiger partial charge in [-0.05, 0) is 24.7 Å². The molecular formula is C10H16. The minimum atomic E-state index is 0.673. The molecule has 0 aromatic rings. The Balaban J connectivity index is 2.28. The Labute approximate surface area is 64.0 Å². The normalized spacial score (nSPS) is 21.2. The molecule has 56 valence electrons. The molecule has 0 bridgehead atoms. The van der Waals surface area contributed by atoms with E-state index in [0.717, 1.165) is 6.42 Å². The van der Waals surface area contributed by atoms with Gasteiger partial charge in [0.1, 0.15) is 0 Å².